The molecule has 0 N–H and O–H groups in total. The van der Waals surface area contributed by atoms with Crippen LogP contribution in [0.3, 0.4) is 0 Å². The number of piperidine rings is 1. The zero-order valence-electron chi connectivity index (χ0n) is 15.1. The summed E-state index contributed by atoms with van der Waals surface area (Å²) in [6.45, 7) is 2.49. The Hall–Kier alpha value is -2.28. The molecule has 1 atom stereocenters. The van der Waals surface area contributed by atoms with Gasteiger partial charge in [-0.1, -0.05) is 0 Å². The summed E-state index contributed by atoms with van der Waals surface area (Å²) in [7, 11) is 5.94. The van der Waals surface area contributed by atoms with E-state index in [0.717, 1.165) is 31.7 Å². The molecule has 2 aromatic heterocycles. The van der Waals surface area contributed by atoms with E-state index in [-0.39, 0.29) is 5.82 Å². The molecule has 25 heavy (non-hydrogen) atoms. The predicted molar refractivity (Wildman–Crippen MR) is 97.3 cm³/mol. The highest BCUT2D eigenvalue weighted by Gasteiger charge is 2.25. The molecule has 1 aliphatic rings. The summed E-state index contributed by atoms with van der Waals surface area (Å²) in [6.07, 6.45) is 6.92. The van der Waals surface area contributed by atoms with E-state index in [1.165, 1.54) is 6.20 Å². The Morgan fingerprint density at radius 1 is 1.24 bits per heavy atom. The van der Waals surface area contributed by atoms with Crippen molar-refractivity contribution >= 4 is 11.8 Å². The van der Waals surface area contributed by atoms with Crippen LogP contribution in [0, 0.1) is 5.82 Å². The molecule has 0 amide bonds. The molecule has 0 bridgehead atoms. The maximum absolute atomic E-state index is 13.9. The van der Waals surface area contributed by atoms with Crippen LogP contribution in [0.2, 0.25) is 0 Å². The summed E-state index contributed by atoms with van der Waals surface area (Å²) < 4.78 is 13.9. The monoisotopic (exact) mass is 344 g/mol. The summed E-state index contributed by atoms with van der Waals surface area (Å²) in [5.74, 6) is 1.39. The molecule has 0 spiro atoms. The topological polar surface area (TPSA) is 48.4 Å². The fourth-order valence-corrected chi connectivity index (χ4v) is 3.20. The molecule has 6 nitrogen and oxygen atoms in total. The first kappa shape index (κ1) is 17.5. The van der Waals surface area contributed by atoms with Crippen LogP contribution in [0.4, 0.5) is 16.2 Å². The Balaban J connectivity index is 1.68. The standard InChI is InChI=1S/C18H25FN6/c1-23(2)18-21-9-7-17(22-18)24(3)15-5-4-10-25(13-15)12-14-6-8-20-11-16(14)19/h6-9,11,15H,4-5,10,12-13H2,1-3H3. The number of halogens is 1. The highest BCUT2D eigenvalue weighted by molar-refractivity contribution is 5.43. The molecular formula is C18H25FN6. The molecule has 0 aromatic carbocycles. The summed E-state index contributed by atoms with van der Waals surface area (Å²) in [5.41, 5.74) is 0.704. The van der Waals surface area contributed by atoms with Gasteiger partial charge in [0.1, 0.15) is 11.6 Å². The zero-order chi connectivity index (χ0) is 17.8. The number of pyridine rings is 1. The fourth-order valence-electron chi connectivity index (χ4n) is 3.20. The first-order chi connectivity index (χ1) is 12.0. The first-order valence-electron chi connectivity index (χ1n) is 8.58. The molecule has 134 valence electrons. The molecule has 0 radical (unpaired) electrons. The third kappa shape index (κ3) is 4.22. The molecule has 7 heteroatoms. The third-order valence-corrected chi connectivity index (χ3v) is 4.67. The van der Waals surface area contributed by atoms with Gasteiger partial charge in [-0.15, -0.1) is 0 Å². The SMILES string of the molecule is CN(C)c1nccc(N(C)C2CCCN(Cc3ccncc3F)C2)n1. The van der Waals surface area contributed by atoms with E-state index in [4.69, 9.17) is 0 Å². The van der Waals surface area contributed by atoms with Gasteiger partial charge < -0.3 is 9.80 Å². The fraction of sp³-hybridized carbons (Fsp3) is 0.500. The minimum absolute atomic E-state index is 0.232. The number of likely N-dealkylation sites (tertiary alicyclic amines) is 1. The molecule has 0 saturated carbocycles. The third-order valence-electron chi connectivity index (χ3n) is 4.67. The van der Waals surface area contributed by atoms with Crippen molar-refractivity contribution < 1.29 is 4.39 Å². The molecule has 0 aliphatic carbocycles. The summed E-state index contributed by atoms with van der Waals surface area (Å²) in [6, 6.07) is 4.05. The van der Waals surface area contributed by atoms with Gasteiger partial charge in [-0.05, 0) is 31.5 Å². The van der Waals surface area contributed by atoms with Crippen LogP contribution in [-0.2, 0) is 6.54 Å². The molecule has 1 fully saturated rings. The van der Waals surface area contributed by atoms with Crippen LogP contribution in [0.25, 0.3) is 0 Å². The van der Waals surface area contributed by atoms with Gasteiger partial charge in [0, 0.05) is 58.2 Å². The Labute approximate surface area is 148 Å². The van der Waals surface area contributed by atoms with Gasteiger partial charge in [0.05, 0.1) is 6.20 Å². The summed E-state index contributed by atoms with van der Waals surface area (Å²) in [5, 5.41) is 0. The van der Waals surface area contributed by atoms with Gasteiger partial charge in [-0.3, -0.25) is 9.88 Å². The number of nitrogens with zero attached hydrogens (tertiary/aromatic N) is 6. The Kier molecular flexibility index (Phi) is 5.43. The van der Waals surface area contributed by atoms with Crippen molar-refractivity contribution in [3.8, 4) is 0 Å². The quantitative estimate of drug-likeness (QED) is 0.829. The van der Waals surface area contributed by atoms with Gasteiger partial charge in [-0.2, -0.15) is 4.98 Å². The van der Waals surface area contributed by atoms with Crippen LogP contribution < -0.4 is 9.80 Å². The van der Waals surface area contributed by atoms with Crippen LogP contribution in [-0.4, -0.2) is 60.1 Å². The Morgan fingerprint density at radius 2 is 2.08 bits per heavy atom. The second-order valence-corrected chi connectivity index (χ2v) is 6.72. The van der Waals surface area contributed by atoms with Crippen molar-refractivity contribution in [2.45, 2.75) is 25.4 Å². The maximum atomic E-state index is 13.9. The molecular weight excluding hydrogens is 319 g/mol. The predicted octanol–water partition coefficient (Wildman–Crippen LogP) is 2.18. The average molecular weight is 344 g/mol. The lowest BCUT2D eigenvalue weighted by atomic mass is 10.0. The normalized spacial score (nSPS) is 18.2. The summed E-state index contributed by atoms with van der Waals surface area (Å²) >= 11 is 0. The summed E-state index contributed by atoms with van der Waals surface area (Å²) in [4.78, 5) is 19.1. The van der Waals surface area contributed by atoms with Crippen LogP contribution in [0.5, 0.6) is 0 Å². The van der Waals surface area contributed by atoms with Crippen molar-refractivity contribution in [2.24, 2.45) is 0 Å². The molecule has 2 aromatic rings. The van der Waals surface area contributed by atoms with Crippen LogP contribution in [0.15, 0.2) is 30.7 Å². The largest absolute Gasteiger partial charge is 0.355 e. The lowest BCUT2D eigenvalue weighted by Crippen LogP contribution is -2.46. The number of hydrogen-bond acceptors (Lipinski definition) is 6. The molecule has 1 unspecified atom stereocenters. The first-order valence-corrected chi connectivity index (χ1v) is 8.58. The molecule has 1 aliphatic heterocycles. The lowest BCUT2D eigenvalue weighted by Gasteiger charge is -2.38. The second kappa shape index (κ2) is 7.74. The molecule has 3 rings (SSSR count). The van der Waals surface area contributed by atoms with E-state index in [1.807, 2.05) is 25.1 Å². The molecule has 1 saturated heterocycles. The van der Waals surface area contributed by atoms with Gasteiger partial charge in [0.2, 0.25) is 5.95 Å². The Morgan fingerprint density at radius 3 is 2.84 bits per heavy atom. The van der Waals surface area contributed by atoms with Crippen LogP contribution in [0.1, 0.15) is 18.4 Å². The minimum atomic E-state index is -0.232. The number of hydrogen-bond donors (Lipinski definition) is 0. The number of aromatic nitrogens is 3. The number of anilines is 2. The van der Waals surface area contributed by atoms with E-state index in [2.05, 4.69) is 31.8 Å². The van der Waals surface area contributed by atoms with E-state index in [0.29, 0.717) is 24.1 Å². The second-order valence-electron chi connectivity index (χ2n) is 6.72. The number of likely N-dealkylation sites (N-methyl/N-ethyl adjacent to an activating group) is 1. The van der Waals surface area contributed by atoms with Gasteiger partial charge in [-0.25, -0.2) is 9.37 Å². The van der Waals surface area contributed by atoms with Crippen molar-refractivity contribution in [3.63, 3.8) is 0 Å². The highest BCUT2D eigenvalue weighted by atomic mass is 19.1. The van der Waals surface area contributed by atoms with Crippen molar-refractivity contribution in [3.05, 3.63) is 42.1 Å². The Bertz CT molecular complexity index is 707. The van der Waals surface area contributed by atoms with E-state index < -0.39 is 0 Å². The minimum Gasteiger partial charge on any atom is -0.355 e. The highest BCUT2D eigenvalue weighted by Crippen LogP contribution is 2.22. The maximum Gasteiger partial charge on any atom is 0.226 e. The van der Waals surface area contributed by atoms with E-state index in [1.54, 1.807) is 18.5 Å². The smallest absolute Gasteiger partial charge is 0.226 e. The van der Waals surface area contributed by atoms with Gasteiger partial charge in [0.15, 0.2) is 0 Å². The van der Waals surface area contributed by atoms with E-state index in [9.17, 15) is 4.39 Å². The zero-order valence-corrected chi connectivity index (χ0v) is 15.1. The van der Waals surface area contributed by atoms with Gasteiger partial charge in [0.25, 0.3) is 0 Å². The van der Waals surface area contributed by atoms with Crippen molar-refractivity contribution in [1.29, 1.82) is 0 Å². The van der Waals surface area contributed by atoms with Gasteiger partial charge >= 0.3 is 0 Å². The molecule has 3 heterocycles. The van der Waals surface area contributed by atoms with Crippen molar-refractivity contribution in [2.75, 3.05) is 44.0 Å². The van der Waals surface area contributed by atoms with E-state index >= 15 is 0 Å². The lowest BCUT2D eigenvalue weighted by molar-refractivity contribution is 0.196. The number of rotatable bonds is 5. The average Bonchev–Trinajstić information content (AvgIpc) is 2.63. The van der Waals surface area contributed by atoms with Crippen molar-refractivity contribution in [1.82, 2.24) is 19.9 Å². The van der Waals surface area contributed by atoms with Crippen LogP contribution >= 0.6 is 0 Å².